The van der Waals surface area contributed by atoms with Gasteiger partial charge in [-0.15, -0.1) is 10.2 Å². The van der Waals surface area contributed by atoms with Crippen LogP contribution >= 0.6 is 22.9 Å². The van der Waals surface area contributed by atoms with Crippen LogP contribution in [0, 0.1) is 17.7 Å². The lowest BCUT2D eigenvalue weighted by Gasteiger charge is -2.25. The first kappa shape index (κ1) is 20.4. The minimum atomic E-state index is -0.540. The van der Waals surface area contributed by atoms with Gasteiger partial charge in [0, 0.05) is 18.8 Å². The Bertz CT molecular complexity index is 743. The number of carbonyl (C=O) groups is 1. The fraction of sp³-hybridized carbons (Fsp3) is 0.471. The first-order valence-corrected chi connectivity index (χ1v) is 9.55. The number of anilines is 3. The molecule has 2 rings (SSSR count). The highest BCUT2D eigenvalue weighted by atomic mass is 35.5. The zero-order valence-corrected chi connectivity index (χ0v) is 16.8. The average Bonchev–Trinajstić information content (AvgIpc) is 2.97. The summed E-state index contributed by atoms with van der Waals surface area (Å²) in [5.41, 5.74) is 0.389. The van der Waals surface area contributed by atoms with E-state index in [0.717, 1.165) is 18.2 Å². The molecule has 142 valence electrons. The van der Waals surface area contributed by atoms with Crippen LogP contribution in [-0.2, 0) is 0 Å². The van der Waals surface area contributed by atoms with Gasteiger partial charge in [-0.25, -0.2) is 9.18 Å². The van der Waals surface area contributed by atoms with Crippen LogP contribution in [0.3, 0.4) is 0 Å². The number of rotatable bonds is 7. The normalized spacial score (nSPS) is 11.1. The highest BCUT2D eigenvalue weighted by molar-refractivity contribution is 7.19. The molecule has 2 aromatic rings. The smallest absolute Gasteiger partial charge is 0.325 e. The molecule has 6 nitrogen and oxygen atoms in total. The van der Waals surface area contributed by atoms with E-state index in [1.807, 2.05) is 0 Å². The molecular formula is C17H23ClFN5OS. The molecule has 0 fully saturated rings. The Morgan fingerprint density at radius 2 is 1.85 bits per heavy atom. The Hall–Kier alpha value is -1.93. The summed E-state index contributed by atoms with van der Waals surface area (Å²) in [5, 5.41) is 14.6. The topological polar surface area (TPSA) is 70.2 Å². The van der Waals surface area contributed by atoms with Crippen LogP contribution in [0.2, 0.25) is 5.02 Å². The number of halogens is 2. The van der Waals surface area contributed by atoms with Crippen LogP contribution in [0.5, 0.6) is 0 Å². The second kappa shape index (κ2) is 9.14. The predicted molar refractivity (Wildman–Crippen MR) is 106 cm³/mol. The third-order valence-electron chi connectivity index (χ3n) is 3.25. The maximum absolute atomic E-state index is 13.2. The molecule has 1 heterocycles. The maximum atomic E-state index is 13.2. The van der Waals surface area contributed by atoms with Gasteiger partial charge >= 0.3 is 6.03 Å². The monoisotopic (exact) mass is 399 g/mol. The van der Waals surface area contributed by atoms with Gasteiger partial charge in [-0.2, -0.15) is 0 Å². The Kier molecular flexibility index (Phi) is 7.16. The Labute approximate surface area is 161 Å². The summed E-state index contributed by atoms with van der Waals surface area (Å²) in [7, 11) is 0. The van der Waals surface area contributed by atoms with E-state index >= 15 is 0 Å². The van der Waals surface area contributed by atoms with Crippen molar-refractivity contribution in [2.45, 2.75) is 27.7 Å². The summed E-state index contributed by atoms with van der Waals surface area (Å²) in [4.78, 5) is 14.3. The molecule has 9 heteroatoms. The van der Waals surface area contributed by atoms with Gasteiger partial charge in [0.1, 0.15) is 5.82 Å². The lowest BCUT2D eigenvalue weighted by atomic mass is 10.1. The van der Waals surface area contributed by atoms with Gasteiger partial charge in [0.05, 0.1) is 5.02 Å². The molecule has 26 heavy (non-hydrogen) atoms. The number of aromatic nitrogens is 2. The SMILES string of the molecule is CC(C)CN(CC(C)C)c1nnc(NC(=O)Nc2ccc(F)c(Cl)c2)s1. The summed E-state index contributed by atoms with van der Waals surface area (Å²) < 4.78 is 13.2. The molecule has 1 aromatic carbocycles. The van der Waals surface area contributed by atoms with Crippen LogP contribution in [0.1, 0.15) is 27.7 Å². The second-order valence-corrected chi connectivity index (χ2v) is 8.15. The van der Waals surface area contributed by atoms with Gasteiger partial charge in [0.25, 0.3) is 0 Å². The summed E-state index contributed by atoms with van der Waals surface area (Å²) in [6, 6.07) is 3.47. The summed E-state index contributed by atoms with van der Waals surface area (Å²) in [5.74, 6) is 0.433. The highest BCUT2D eigenvalue weighted by Crippen LogP contribution is 2.26. The van der Waals surface area contributed by atoms with E-state index in [-0.39, 0.29) is 5.02 Å². The van der Waals surface area contributed by atoms with Crippen LogP contribution in [-0.4, -0.2) is 29.3 Å². The van der Waals surface area contributed by atoms with Crippen LogP contribution in [0.4, 0.5) is 25.1 Å². The molecule has 0 saturated heterocycles. The Morgan fingerprint density at radius 3 is 2.42 bits per heavy atom. The quantitative estimate of drug-likeness (QED) is 0.680. The van der Waals surface area contributed by atoms with Crippen molar-refractivity contribution in [3.63, 3.8) is 0 Å². The standard InChI is InChI=1S/C17H23ClFN5OS/c1-10(2)8-24(9-11(3)4)17-23-22-16(26-17)21-15(25)20-12-5-6-14(19)13(18)7-12/h5-7,10-11H,8-9H2,1-4H3,(H2,20,21,22,25). The molecular weight excluding hydrogens is 377 g/mol. The van der Waals surface area contributed by atoms with Crippen LogP contribution in [0.15, 0.2) is 18.2 Å². The largest absolute Gasteiger partial charge is 0.346 e. The molecule has 0 unspecified atom stereocenters. The number of hydrogen-bond donors (Lipinski definition) is 2. The van der Waals surface area contributed by atoms with Crippen molar-refractivity contribution in [2.24, 2.45) is 11.8 Å². The van der Waals surface area contributed by atoms with Crippen molar-refractivity contribution in [3.05, 3.63) is 29.0 Å². The molecule has 0 atom stereocenters. The van der Waals surface area contributed by atoms with Gasteiger partial charge in [0.2, 0.25) is 10.3 Å². The van der Waals surface area contributed by atoms with Crippen molar-refractivity contribution in [1.29, 1.82) is 0 Å². The zero-order valence-electron chi connectivity index (χ0n) is 15.2. The Balaban J connectivity index is 2.01. The molecule has 0 aliphatic carbocycles. The molecule has 0 spiro atoms. The number of nitrogens with zero attached hydrogens (tertiary/aromatic N) is 3. The van der Waals surface area contributed by atoms with Crippen molar-refractivity contribution in [1.82, 2.24) is 10.2 Å². The number of urea groups is 1. The van der Waals surface area contributed by atoms with Gasteiger partial charge in [0.15, 0.2) is 0 Å². The van der Waals surface area contributed by atoms with E-state index < -0.39 is 11.8 Å². The molecule has 0 saturated carbocycles. The minimum Gasteiger partial charge on any atom is -0.346 e. The molecule has 2 N–H and O–H groups in total. The lowest BCUT2D eigenvalue weighted by molar-refractivity contribution is 0.262. The van der Waals surface area contributed by atoms with E-state index in [4.69, 9.17) is 11.6 Å². The van der Waals surface area contributed by atoms with Gasteiger partial charge < -0.3 is 10.2 Å². The summed E-state index contributed by atoms with van der Waals surface area (Å²) >= 11 is 7.02. The number of hydrogen-bond acceptors (Lipinski definition) is 5. The van der Waals surface area contributed by atoms with Crippen molar-refractivity contribution < 1.29 is 9.18 Å². The van der Waals surface area contributed by atoms with E-state index in [0.29, 0.717) is 22.7 Å². The van der Waals surface area contributed by atoms with Crippen molar-refractivity contribution >= 4 is 44.9 Å². The van der Waals surface area contributed by atoms with E-state index in [2.05, 4.69) is 53.4 Å². The number of benzene rings is 1. The van der Waals surface area contributed by atoms with Gasteiger partial charge in [-0.1, -0.05) is 50.6 Å². The third kappa shape index (κ3) is 6.10. The van der Waals surface area contributed by atoms with E-state index in [1.165, 1.54) is 29.5 Å². The molecule has 0 bridgehead atoms. The first-order chi connectivity index (χ1) is 12.2. The number of amides is 2. The van der Waals surface area contributed by atoms with E-state index in [1.54, 1.807) is 0 Å². The van der Waals surface area contributed by atoms with Crippen molar-refractivity contribution in [2.75, 3.05) is 28.6 Å². The fourth-order valence-electron chi connectivity index (χ4n) is 2.34. The lowest BCUT2D eigenvalue weighted by Crippen LogP contribution is -2.31. The van der Waals surface area contributed by atoms with Crippen LogP contribution in [0.25, 0.3) is 0 Å². The summed E-state index contributed by atoms with van der Waals surface area (Å²) in [6.45, 7) is 10.3. The molecule has 0 aliphatic heterocycles. The minimum absolute atomic E-state index is 0.0565. The molecule has 1 aromatic heterocycles. The summed E-state index contributed by atoms with van der Waals surface area (Å²) in [6.07, 6.45) is 0. The highest BCUT2D eigenvalue weighted by Gasteiger charge is 2.16. The molecule has 0 aliphatic rings. The molecule has 0 radical (unpaired) electrons. The average molecular weight is 400 g/mol. The van der Waals surface area contributed by atoms with Crippen LogP contribution < -0.4 is 15.5 Å². The maximum Gasteiger partial charge on any atom is 0.325 e. The number of carbonyl (C=O) groups excluding carboxylic acids is 1. The van der Waals surface area contributed by atoms with Crippen molar-refractivity contribution in [3.8, 4) is 0 Å². The number of nitrogens with one attached hydrogen (secondary N) is 2. The Morgan fingerprint density at radius 1 is 1.19 bits per heavy atom. The zero-order chi connectivity index (χ0) is 19.3. The van der Waals surface area contributed by atoms with E-state index in [9.17, 15) is 9.18 Å². The van der Waals surface area contributed by atoms with Gasteiger partial charge in [-0.05, 0) is 30.0 Å². The third-order valence-corrected chi connectivity index (χ3v) is 4.44. The van der Waals surface area contributed by atoms with Gasteiger partial charge in [-0.3, -0.25) is 5.32 Å². The first-order valence-electron chi connectivity index (χ1n) is 8.36. The second-order valence-electron chi connectivity index (χ2n) is 6.79. The predicted octanol–water partition coefficient (Wildman–Crippen LogP) is 5.09. The molecule has 2 amide bonds. The fourth-order valence-corrected chi connectivity index (χ4v) is 3.28.